The number of hydrogen-bond acceptors (Lipinski definition) is 3. The van der Waals surface area contributed by atoms with Crippen LogP contribution in [0.15, 0.2) is 36.4 Å². The minimum atomic E-state index is -0.543. The predicted octanol–water partition coefficient (Wildman–Crippen LogP) is 0.567. The smallest absolute Gasteiger partial charge is 0.269 e. The van der Waals surface area contributed by atoms with Crippen molar-refractivity contribution in [2.75, 3.05) is 6.54 Å². The Morgan fingerprint density at radius 1 is 1.19 bits per heavy atom. The summed E-state index contributed by atoms with van der Waals surface area (Å²) in [6, 6.07) is 11.3. The maximum atomic E-state index is 12.3. The number of fused-ring (bicyclic) bond motifs is 1. The monoisotopic (exact) mass is 284 g/mol. The van der Waals surface area contributed by atoms with E-state index in [-0.39, 0.29) is 11.6 Å². The van der Waals surface area contributed by atoms with Gasteiger partial charge in [-0.3, -0.25) is 14.3 Å². The van der Waals surface area contributed by atoms with Crippen LogP contribution in [0.25, 0.3) is 0 Å². The van der Waals surface area contributed by atoms with Gasteiger partial charge >= 0.3 is 0 Å². The Hall–Kier alpha value is -2.63. The molecule has 108 valence electrons. The van der Waals surface area contributed by atoms with Crippen molar-refractivity contribution < 1.29 is 9.59 Å². The maximum absolute atomic E-state index is 12.3. The van der Waals surface area contributed by atoms with E-state index in [9.17, 15) is 9.59 Å². The number of nitrogens with two attached hydrogens (primary N) is 1. The van der Waals surface area contributed by atoms with E-state index < -0.39 is 5.91 Å². The van der Waals surface area contributed by atoms with E-state index in [1.807, 2.05) is 30.3 Å². The molecule has 1 aliphatic heterocycles. The molecule has 2 amide bonds. The van der Waals surface area contributed by atoms with Crippen molar-refractivity contribution in [2.45, 2.75) is 19.5 Å². The molecule has 0 unspecified atom stereocenters. The van der Waals surface area contributed by atoms with Crippen LogP contribution in [0.3, 0.4) is 0 Å². The van der Waals surface area contributed by atoms with Gasteiger partial charge in [-0.25, -0.2) is 0 Å². The van der Waals surface area contributed by atoms with Crippen LogP contribution in [0, 0.1) is 0 Å². The Kier molecular flexibility index (Phi) is 3.43. The molecule has 1 aliphatic rings. The van der Waals surface area contributed by atoms with Crippen molar-refractivity contribution in [3.63, 3.8) is 0 Å². The summed E-state index contributed by atoms with van der Waals surface area (Å²) in [7, 11) is 0. The highest BCUT2D eigenvalue weighted by atomic mass is 16.2. The zero-order valence-corrected chi connectivity index (χ0v) is 11.5. The highest BCUT2D eigenvalue weighted by Crippen LogP contribution is 2.15. The molecule has 0 radical (unpaired) electrons. The zero-order chi connectivity index (χ0) is 14.8. The highest BCUT2D eigenvalue weighted by molar-refractivity contribution is 5.90. The molecular formula is C15H16N4O2. The van der Waals surface area contributed by atoms with E-state index in [2.05, 4.69) is 5.10 Å². The van der Waals surface area contributed by atoms with Crippen LogP contribution >= 0.6 is 0 Å². The Bertz CT molecular complexity index is 678. The van der Waals surface area contributed by atoms with E-state index in [4.69, 9.17) is 5.73 Å². The fourth-order valence-corrected chi connectivity index (χ4v) is 2.48. The van der Waals surface area contributed by atoms with Gasteiger partial charge in [0.15, 0.2) is 0 Å². The van der Waals surface area contributed by atoms with Crippen LogP contribution in [-0.2, 0) is 24.3 Å². The first-order valence-corrected chi connectivity index (χ1v) is 6.82. The molecular weight excluding hydrogens is 268 g/mol. The molecule has 0 saturated carbocycles. The third-order valence-electron chi connectivity index (χ3n) is 3.60. The van der Waals surface area contributed by atoms with Crippen molar-refractivity contribution in [2.24, 2.45) is 5.73 Å². The Balaban J connectivity index is 1.71. The number of aromatic nitrogens is 2. The molecule has 6 nitrogen and oxygen atoms in total. The topological polar surface area (TPSA) is 81.2 Å². The summed E-state index contributed by atoms with van der Waals surface area (Å²) in [4.78, 5) is 25.3. The van der Waals surface area contributed by atoms with Gasteiger partial charge in [-0.2, -0.15) is 5.10 Å². The number of nitrogens with zero attached hydrogens (tertiary/aromatic N) is 3. The average molecular weight is 284 g/mol. The lowest BCUT2D eigenvalue weighted by molar-refractivity contribution is -0.132. The van der Waals surface area contributed by atoms with Crippen LogP contribution in [0.2, 0.25) is 0 Å². The van der Waals surface area contributed by atoms with Gasteiger partial charge in [-0.05, 0) is 11.6 Å². The van der Waals surface area contributed by atoms with Gasteiger partial charge in [-0.15, -0.1) is 0 Å². The van der Waals surface area contributed by atoms with Crippen LogP contribution in [0.1, 0.15) is 21.7 Å². The summed E-state index contributed by atoms with van der Waals surface area (Å²) >= 11 is 0. The summed E-state index contributed by atoms with van der Waals surface area (Å²) in [6.07, 6.45) is 0.387. The standard InChI is InChI=1S/C15H16N4O2/c16-15(21)13-9-12-10-18(6-7-19(12)17-13)14(20)8-11-4-2-1-3-5-11/h1-5,9H,6-8,10H2,(H2,16,21). The van der Waals surface area contributed by atoms with Gasteiger partial charge in [0.2, 0.25) is 5.91 Å². The molecule has 1 aromatic heterocycles. The van der Waals surface area contributed by atoms with Crippen molar-refractivity contribution in [3.05, 3.63) is 53.3 Å². The third-order valence-corrected chi connectivity index (χ3v) is 3.60. The lowest BCUT2D eigenvalue weighted by Gasteiger charge is -2.27. The average Bonchev–Trinajstić information content (AvgIpc) is 2.91. The predicted molar refractivity (Wildman–Crippen MR) is 76.3 cm³/mol. The second-order valence-electron chi connectivity index (χ2n) is 5.09. The summed E-state index contributed by atoms with van der Waals surface area (Å²) in [5, 5.41) is 4.13. The summed E-state index contributed by atoms with van der Waals surface area (Å²) < 4.78 is 1.74. The van der Waals surface area contributed by atoms with Gasteiger partial charge in [-0.1, -0.05) is 30.3 Å². The van der Waals surface area contributed by atoms with Gasteiger partial charge in [0.25, 0.3) is 5.91 Å². The number of hydrogen-bond donors (Lipinski definition) is 1. The maximum Gasteiger partial charge on any atom is 0.269 e. The molecule has 2 heterocycles. The van der Waals surface area contributed by atoms with Gasteiger partial charge < -0.3 is 10.6 Å². The van der Waals surface area contributed by atoms with E-state index in [1.54, 1.807) is 15.6 Å². The molecule has 0 aliphatic carbocycles. The van der Waals surface area contributed by atoms with Crippen molar-refractivity contribution >= 4 is 11.8 Å². The molecule has 0 fully saturated rings. The molecule has 0 saturated heterocycles. The third kappa shape index (κ3) is 2.79. The van der Waals surface area contributed by atoms with Gasteiger partial charge in [0.1, 0.15) is 5.69 Å². The Morgan fingerprint density at radius 3 is 2.67 bits per heavy atom. The van der Waals surface area contributed by atoms with Crippen molar-refractivity contribution in [3.8, 4) is 0 Å². The Morgan fingerprint density at radius 2 is 1.95 bits per heavy atom. The first-order chi connectivity index (χ1) is 10.1. The van der Waals surface area contributed by atoms with Crippen LogP contribution < -0.4 is 5.73 Å². The minimum absolute atomic E-state index is 0.0780. The number of benzene rings is 1. The second kappa shape index (κ2) is 5.40. The first kappa shape index (κ1) is 13.4. The zero-order valence-electron chi connectivity index (χ0n) is 11.5. The fraction of sp³-hybridized carbons (Fsp3) is 0.267. The molecule has 2 N–H and O–H groups in total. The van der Waals surface area contributed by atoms with Crippen LogP contribution in [0.5, 0.6) is 0 Å². The quantitative estimate of drug-likeness (QED) is 0.894. The van der Waals surface area contributed by atoms with Gasteiger partial charge in [0.05, 0.1) is 25.2 Å². The summed E-state index contributed by atoms with van der Waals surface area (Å²) in [5.41, 5.74) is 7.32. The minimum Gasteiger partial charge on any atom is -0.364 e. The number of primary amides is 1. The molecule has 3 rings (SSSR count). The SMILES string of the molecule is NC(=O)c1cc2n(n1)CCN(C(=O)Cc1ccccc1)C2. The van der Waals surface area contributed by atoms with E-state index in [1.165, 1.54) is 0 Å². The number of carbonyl (C=O) groups is 2. The number of amides is 2. The molecule has 21 heavy (non-hydrogen) atoms. The van der Waals surface area contributed by atoms with Crippen molar-refractivity contribution in [1.29, 1.82) is 0 Å². The molecule has 0 bridgehead atoms. The molecule has 0 spiro atoms. The molecule has 2 aromatic rings. The first-order valence-electron chi connectivity index (χ1n) is 6.82. The lowest BCUT2D eigenvalue weighted by atomic mass is 10.1. The Labute approximate surface area is 122 Å². The second-order valence-corrected chi connectivity index (χ2v) is 5.09. The summed E-state index contributed by atoms with van der Waals surface area (Å²) in [5.74, 6) is -0.465. The molecule has 6 heteroatoms. The summed E-state index contributed by atoms with van der Waals surface area (Å²) in [6.45, 7) is 1.65. The normalized spacial score (nSPS) is 13.8. The lowest BCUT2D eigenvalue weighted by Crippen LogP contribution is -2.39. The van der Waals surface area contributed by atoms with Crippen molar-refractivity contribution in [1.82, 2.24) is 14.7 Å². The number of carbonyl (C=O) groups excluding carboxylic acids is 2. The van der Waals surface area contributed by atoms with E-state index >= 15 is 0 Å². The largest absolute Gasteiger partial charge is 0.364 e. The molecule has 0 atom stereocenters. The van der Waals surface area contributed by atoms with E-state index in [0.717, 1.165) is 11.3 Å². The van der Waals surface area contributed by atoms with Crippen LogP contribution in [0.4, 0.5) is 0 Å². The molecule has 1 aromatic carbocycles. The highest BCUT2D eigenvalue weighted by Gasteiger charge is 2.23. The van der Waals surface area contributed by atoms with Crippen LogP contribution in [-0.4, -0.2) is 33.0 Å². The number of rotatable bonds is 3. The van der Waals surface area contributed by atoms with E-state index in [0.29, 0.717) is 26.1 Å². The van der Waals surface area contributed by atoms with Gasteiger partial charge in [0, 0.05) is 6.54 Å². The fourth-order valence-electron chi connectivity index (χ4n) is 2.48.